The van der Waals surface area contributed by atoms with Gasteiger partial charge in [-0.25, -0.2) is 0 Å². The normalized spacial score (nSPS) is 14.6. The smallest absolute Gasteiger partial charge is 0.239 e. The van der Waals surface area contributed by atoms with Gasteiger partial charge in [-0.2, -0.15) is 0 Å². The minimum absolute atomic E-state index is 0.0812. The fraction of sp³-hybridized carbons (Fsp3) is 0.579. The molecule has 6 nitrogen and oxygen atoms in total. The van der Waals surface area contributed by atoms with Crippen LogP contribution in [0.2, 0.25) is 0 Å². The zero-order chi connectivity index (χ0) is 18.1. The van der Waals surface area contributed by atoms with Crippen LogP contribution in [0.3, 0.4) is 0 Å². The zero-order valence-corrected chi connectivity index (χ0v) is 15.1. The Morgan fingerprint density at radius 3 is 2.36 bits per heavy atom. The fourth-order valence-electron chi connectivity index (χ4n) is 2.99. The Kier molecular flexibility index (Phi) is 7.57. The molecule has 2 amide bonds. The molecule has 1 aliphatic carbocycles. The lowest BCUT2D eigenvalue weighted by molar-refractivity contribution is -0.135. The molecule has 0 aromatic heterocycles. The molecule has 0 unspecified atom stereocenters. The first-order valence-electron chi connectivity index (χ1n) is 8.90. The second-order valence-electron chi connectivity index (χ2n) is 6.37. The summed E-state index contributed by atoms with van der Waals surface area (Å²) < 4.78 is 10.7. The Morgan fingerprint density at radius 1 is 1.12 bits per heavy atom. The average Bonchev–Trinajstić information content (AvgIpc) is 2.62. The molecule has 1 aromatic rings. The number of hydrogen-bond donors (Lipinski definition) is 1. The van der Waals surface area contributed by atoms with Crippen LogP contribution in [0, 0.1) is 0 Å². The molecule has 6 heteroatoms. The van der Waals surface area contributed by atoms with E-state index < -0.39 is 0 Å². The number of carbonyl (C=O) groups excluding carboxylic acids is 2. The summed E-state index contributed by atoms with van der Waals surface area (Å²) >= 11 is 0. The van der Waals surface area contributed by atoms with E-state index >= 15 is 0 Å². The molecule has 0 bridgehead atoms. The predicted molar refractivity (Wildman–Crippen MR) is 95.8 cm³/mol. The third kappa shape index (κ3) is 6.64. The quantitative estimate of drug-likeness (QED) is 0.783. The van der Waals surface area contributed by atoms with E-state index in [-0.39, 0.29) is 24.4 Å². The van der Waals surface area contributed by atoms with Crippen molar-refractivity contribution in [2.45, 2.75) is 45.1 Å². The monoisotopic (exact) mass is 348 g/mol. The van der Waals surface area contributed by atoms with Crippen LogP contribution in [0.4, 0.5) is 0 Å². The maximum absolute atomic E-state index is 12.2. The summed E-state index contributed by atoms with van der Waals surface area (Å²) in [4.78, 5) is 25.5. The molecule has 1 fully saturated rings. The summed E-state index contributed by atoms with van der Waals surface area (Å²) in [6.45, 7) is 2.27. The van der Waals surface area contributed by atoms with E-state index in [9.17, 15) is 9.59 Å². The van der Waals surface area contributed by atoms with E-state index in [1.54, 1.807) is 7.11 Å². The third-order valence-corrected chi connectivity index (χ3v) is 4.44. The highest BCUT2D eigenvalue weighted by Crippen LogP contribution is 2.18. The zero-order valence-electron chi connectivity index (χ0n) is 15.1. The van der Waals surface area contributed by atoms with Gasteiger partial charge in [0.05, 0.1) is 20.2 Å². The summed E-state index contributed by atoms with van der Waals surface area (Å²) in [5.74, 6) is 1.25. The van der Waals surface area contributed by atoms with Crippen molar-refractivity contribution in [3.63, 3.8) is 0 Å². The summed E-state index contributed by atoms with van der Waals surface area (Å²) in [5.41, 5.74) is 0. The van der Waals surface area contributed by atoms with Crippen LogP contribution in [0.25, 0.3) is 0 Å². The summed E-state index contributed by atoms with van der Waals surface area (Å²) in [6.07, 6.45) is 5.64. The number of amides is 2. The Hall–Kier alpha value is -2.24. The van der Waals surface area contributed by atoms with Gasteiger partial charge in [-0.3, -0.25) is 9.59 Å². The van der Waals surface area contributed by atoms with Crippen LogP contribution < -0.4 is 14.8 Å². The van der Waals surface area contributed by atoms with Crippen LogP contribution in [-0.4, -0.2) is 49.6 Å². The van der Waals surface area contributed by atoms with E-state index in [0.717, 1.165) is 31.4 Å². The lowest BCUT2D eigenvalue weighted by Gasteiger charge is -2.25. The molecule has 25 heavy (non-hydrogen) atoms. The first-order chi connectivity index (χ1) is 12.1. The van der Waals surface area contributed by atoms with E-state index in [2.05, 4.69) is 5.32 Å². The predicted octanol–water partition coefficient (Wildman–Crippen LogP) is 2.37. The second-order valence-corrected chi connectivity index (χ2v) is 6.37. The van der Waals surface area contributed by atoms with Crippen molar-refractivity contribution in [2.24, 2.45) is 0 Å². The van der Waals surface area contributed by atoms with Gasteiger partial charge in [0.15, 0.2) is 0 Å². The Labute approximate surface area is 149 Å². The number of hydrogen-bond acceptors (Lipinski definition) is 4. The molecule has 0 spiro atoms. The minimum atomic E-state index is -0.128. The third-order valence-electron chi connectivity index (χ3n) is 4.44. The van der Waals surface area contributed by atoms with Crippen LogP contribution >= 0.6 is 0 Å². The van der Waals surface area contributed by atoms with Crippen molar-refractivity contribution in [2.75, 3.05) is 26.8 Å². The van der Waals surface area contributed by atoms with Crippen molar-refractivity contribution < 1.29 is 19.1 Å². The number of benzene rings is 1. The molecule has 0 atom stereocenters. The van der Waals surface area contributed by atoms with Gasteiger partial charge < -0.3 is 19.7 Å². The topological polar surface area (TPSA) is 67.9 Å². The standard InChI is InChI=1S/C19H28N2O4/c1-15(22)21(14-19(23)20-16-6-4-3-5-7-16)12-13-25-18-10-8-17(24-2)9-11-18/h8-11,16H,3-7,12-14H2,1-2H3,(H,20,23). The van der Waals surface area contributed by atoms with Gasteiger partial charge in [0.2, 0.25) is 11.8 Å². The minimum Gasteiger partial charge on any atom is -0.497 e. The fourth-order valence-corrected chi connectivity index (χ4v) is 2.99. The molecule has 1 saturated carbocycles. The van der Waals surface area contributed by atoms with Crippen molar-refractivity contribution in [3.8, 4) is 11.5 Å². The highest BCUT2D eigenvalue weighted by Gasteiger charge is 2.18. The Bertz CT molecular complexity index is 553. The number of ether oxygens (including phenoxy) is 2. The van der Waals surface area contributed by atoms with Crippen molar-refractivity contribution >= 4 is 11.8 Å². The lowest BCUT2D eigenvalue weighted by atomic mass is 9.95. The van der Waals surface area contributed by atoms with Gasteiger partial charge in [-0.15, -0.1) is 0 Å². The summed E-state index contributed by atoms with van der Waals surface area (Å²) in [6, 6.07) is 7.51. The number of methoxy groups -OCH3 is 1. The van der Waals surface area contributed by atoms with E-state index in [0.29, 0.717) is 18.9 Å². The molecule has 1 aliphatic rings. The van der Waals surface area contributed by atoms with Crippen molar-refractivity contribution in [3.05, 3.63) is 24.3 Å². The molecule has 0 saturated heterocycles. The van der Waals surface area contributed by atoms with Gasteiger partial charge in [-0.1, -0.05) is 19.3 Å². The summed E-state index contributed by atoms with van der Waals surface area (Å²) in [5, 5.41) is 3.04. The Balaban J connectivity index is 1.75. The number of nitrogens with zero attached hydrogens (tertiary/aromatic N) is 1. The average molecular weight is 348 g/mol. The first-order valence-corrected chi connectivity index (χ1v) is 8.90. The molecule has 1 N–H and O–H groups in total. The maximum Gasteiger partial charge on any atom is 0.239 e. The van der Waals surface area contributed by atoms with Crippen molar-refractivity contribution in [1.82, 2.24) is 10.2 Å². The first kappa shape index (κ1) is 19.1. The Morgan fingerprint density at radius 2 is 1.76 bits per heavy atom. The van der Waals surface area contributed by atoms with Gasteiger partial charge in [0, 0.05) is 13.0 Å². The van der Waals surface area contributed by atoms with Crippen molar-refractivity contribution in [1.29, 1.82) is 0 Å². The molecule has 0 heterocycles. The van der Waals surface area contributed by atoms with Crippen LogP contribution in [0.15, 0.2) is 24.3 Å². The number of carbonyl (C=O) groups is 2. The van der Waals surface area contributed by atoms with Gasteiger partial charge >= 0.3 is 0 Å². The van der Waals surface area contributed by atoms with Crippen LogP contribution in [-0.2, 0) is 9.59 Å². The van der Waals surface area contributed by atoms with Gasteiger partial charge in [0.1, 0.15) is 18.1 Å². The van der Waals surface area contributed by atoms with Crippen LogP contribution in [0.5, 0.6) is 11.5 Å². The molecule has 0 radical (unpaired) electrons. The van der Waals surface area contributed by atoms with Gasteiger partial charge in [0.25, 0.3) is 0 Å². The SMILES string of the molecule is COc1ccc(OCCN(CC(=O)NC2CCCCC2)C(C)=O)cc1. The highest BCUT2D eigenvalue weighted by atomic mass is 16.5. The van der Waals surface area contributed by atoms with Gasteiger partial charge in [-0.05, 0) is 37.1 Å². The maximum atomic E-state index is 12.2. The molecule has 0 aliphatic heterocycles. The molecular formula is C19H28N2O4. The number of rotatable bonds is 8. The number of nitrogens with one attached hydrogen (secondary N) is 1. The largest absolute Gasteiger partial charge is 0.497 e. The molecule has 2 rings (SSSR count). The highest BCUT2D eigenvalue weighted by molar-refractivity contribution is 5.83. The molecular weight excluding hydrogens is 320 g/mol. The van der Waals surface area contributed by atoms with E-state index in [1.165, 1.54) is 18.2 Å². The van der Waals surface area contributed by atoms with Crippen LogP contribution in [0.1, 0.15) is 39.0 Å². The molecule has 138 valence electrons. The molecule has 1 aromatic carbocycles. The van der Waals surface area contributed by atoms with E-state index in [1.807, 2.05) is 24.3 Å². The summed E-state index contributed by atoms with van der Waals surface area (Å²) in [7, 11) is 1.61. The van der Waals surface area contributed by atoms with E-state index in [4.69, 9.17) is 9.47 Å². The lowest BCUT2D eigenvalue weighted by Crippen LogP contribution is -2.45. The second kappa shape index (κ2) is 9.91.